The van der Waals surface area contributed by atoms with Gasteiger partial charge in [0.25, 0.3) is 0 Å². The van der Waals surface area contributed by atoms with Crippen molar-refractivity contribution in [1.29, 1.82) is 0 Å². The van der Waals surface area contributed by atoms with E-state index in [1.54, 1.807) is 6.92 Å². The second-order valence-corrected chi connectivity index (χ2v) is 4.10. The molecule has 14 heavy (non-hydrogen) atoms. The normalized spacial score (nSPS) is 11.8. The molecule has 0 radical (unpaired) electrons. The maximum Gasteiger partial charge on any atom is 0.317 e. The fourth-order valence-corrected chi connectivity index (χ4v) is 1.86. The summed E-state index contributed by atoms with van der Waals surface area (Å²) in [4.78, 5) is 21.1. The van der Waals surface area contributed by atoms with Crippen LogP contribution in [0.25, 0.3) is 0 Å². The smallest absolute Gasteiger partial charge is 0.317 e. The van der Waals surface area contributed by atoms with Crippen molar-refractivity contribution in [1.82, 2.24) is 0 Å². The first-order chi connectivity index (χ1) is 6.47. The van der Waals surface area contributed by atoms with Gasteiger partial charge in [-0.05, 0) is 19.1 Å². The third kappa shape index (κ3) is 5.76. The molecule has 0 bridgehead atoms. The van der Waals surface area contributed by atoms with E-state index in [2.05, 4.69) is 0 Å². The fourth-order valence-electron chi connectivity index (χ4n) is 0.630. The van der Waals surface area contributed by atoms with E-state index >= 15 is 0 Å². The third-order valence-electron chi connectivity index (χ3n) is 1.16. The summed E-state index contributed by atoms with van der Waals surface area (Å²) in [6.07, 6.45) is -0.257. The Balaban J connectivity index is 4.16. The Morgan fingerprint density at radius 3 is 2.57 bits per heavy atom. The lowest BCUT2D eigenvalue weighted by atomic mass is 10.3. The summed E-state index contributed by atoms with van der Waals surface area (Å²) in [6, 6.07) is 0. The summed E-state index contributed by atoms with van der Waals surface area (Å²) in [5.41, 5.74) is 4.88. The molecule has 0 rings (SSSR count). The summed E-state index contributed by atoms with van der Waals surface area (Å²) in [6.45, 7) is 2.10. The summed E-state index contributed by atoms with van der Waals surface area (Å²) in [7, 11) is 0. The molecule has 3 N–H and O–H groups in total. The largest absolute Gasteiger partial charge is 0.480 e. The second kappa shape index (κ2) is 6.61. The van der Waals surface area contributed by atoms with Crippen LogP contribution in [-0.2, 0) is 14.3 Å². The van der Waals surface area contributed by atoms with E-state index in [-0.39, 0.29) is 10.8 Å². The number of amides is 1. The summed E-state index contributed by atoms with van der Waals surface area (Å²) in [5, 5.41) is 7.73. The Bertz CT molecular complexity index is 244. The van der Waals surface area contributed by atoms with Gasteiger partial charge in [0.05, 0.1) is 6.61 Å². The van der Waals surface area contributed by atoms with E-state index in [1.807, 2.05) is 0 Å². The van der Waals surface area contributed by atoms with E-state index in [1.165, 1.54) is 0 Å². The maximum absolute atomic E-state index is 10.6. The van der Waals surface area contributed by atoms with Crippen LogP contribution in [0.15, 0.2) is 0 Å². The van der Waals surface area contributed by atoms with E-state index in [4.69, 9.17) is 27.8 Å². The number of primary amides is 1. The van der Waals surface area contributed by atoms with E-state index in [9.17, 15) is 9.59 Å². The first-order valence-corrected chi connectivity index (χ1v) is 5.10. The Morgan fingerprint density at radius 1 is 1.64 bits per heavy atom. The number of thiocarbonyl (C=S) groups is 1. The number of ether oxygens (including phenoxy) is 1. The molecule has 1 atom stereocenters. The van der Waals surface area contributed by atoms with Crippen molar-refractivity contribution in [3.8, 4) is 0 Å². The van der Waals surface area contributed by atoms with Gasteiger partial charge in [0.1, 0.15) is 5.25 Å². The first kappa shape index (κ1) is 13.2. The quantitative estimate of drug-likeness (QED) is 0.671. The molecule has 0 aromatic carbocycles. The number of rotatable bonds is 5. The van der Waals surface area contributed by atoms with E-state index in [0.29, 0.717) is 6.61 Å². The summed E-state index contributed by atoms with van der Waals surface area (Å²) >= 11 is 5.54. The molecule has 80 valence electrons. The van der Waals surface area contributed by atoms with Crippen LogP contribution in [0.4, 0.5) is 0 Å². The lowest BCUT2D eigenvalue weighted by Gasteiger charge is -2.10. The Kier molecular flexibility index (Phi) is 6.22. The first-order valence-electron chi connectivity index (χ1n) is 3.81. The molecule has 0 aliphatic heterocycles. The predicted octanol–water partition coefficient (Wildman–Crippen LogP) is 0.370. The highest BCUT2D eigenvalue weighted by atomic mass is 32.2. The van der Waals surface area contributed by atoms with Gasteiger partial charge >= 0.3 is 5.97 Å². The number of carboxylic acids is 1. The van der Waals surface area contributed by atoms with Crippen LogP contribution < -0.4 is 5.73 Å². The van der Waals surface area contributed by atoms with Gasteiger partial charge in [-0.2, -0.15) is 0 Å². The minimum absolute atomic E-state index is 0.112. The maximum atomic E-state index is 10.6. The van der Waals surface area contributed by atoms with Crippen LogP contribution in [-0.4, -0.2) is 33.2 Å². The van der Waals surface area contributed by atoms with Crippen molar-refractivity contribution in [3.05, 3.63) is 0 Å². The van der Waals surface area contributed by atoms with Gasteiger partial charge in [0.2, 0.25) is 10.3 Å². The van der Waals surface area contributed by atoms with Crippen molar-refractivity contribution >= 4 is 40.2 Å². The van der Waals surface area contributed by atoms with E-state index < -0.39 is 17.1 Å². The zero-order valence-electron chi connectivity index (χ0n) is 7.56. The van der Waals surface area contributed by atoms with Gasteiger partial charge in [-0.3, -0.25) is 9.59 Å². The molecular formula is C7H11NO4S2. The minimum atomic E-state index is -1.13. The molecule has 0 spiro atoms. The number of nitrogens with two attached hydrogens (primary N) is 1. The van der Waals surface area contributed by atoms with Crippen LogP contribution in [0.3, 0.4) is 0 Å². The molecule has 0 aromatic heterocycles. The third-order valence-corrected chi connectivity index (χ3v) is 2.53. The zero-order chi connectivity index (χ0) is 11.1. The Morgan fingerprint density at radius 2 is 2.21 bits per heavy atom. The Hall–Kier alpha value is -0.820. The van der Waals surface area contributed by atoms with Crippen LogP contribution >= 0.6 is 24.0 Å². The molecule has 0 aromatic rings. The van der Waals surface area contributed by atoms with Crippen molar-refractivity contribution in [2.45, 2.75) is 18.6 Å². The van der Waals surface area contributed by atoms with Crippen molar-refractivity contribution in [2.75, 3.05) is 6.61 Å². The fraction of sp³-hybridized carbons (Fsp3) is 0.571. The number of carbonyl (C=O) groups is 2. The average Bonchev–Trinajstić information content (AvgIpc) is 2.02. The highest BCUT2D eigenvalue weighted by Gasteiger charge is 2.22. The molecule has 1 amide bonds. The minimum Gasteiger partial charge on any atom is -0.480 e. The van der Waals surface area contributed by atoms with Gasteiger partial charge in [-0.1, -0.05) is 11.8 Å². The molecule has 5 nitrogen and oxygen atoms in total. The molecule has 0 aliphatic rings. The lowest BCUT2D eigenvalue weighted by Crippen LogP contribution is -2.26. The van der Waals surface area contributed by atoms with Gasteiger partial charge in [-0.15, -0.1) is 0 Å². The second-order valence-electron chi connectivity index (χ2n) is 2.30. The van der Waals surface area contributed by atoms with Crippen molar-refractivity contribution in [3.63, 3.8) is 0 Å². The molecule has 7 heteroatoms. The number of hydrogen-bond acceptors (Lipinski definition) is 5. The zero-order valence-corrected chi connectivity index (χ0v) is 9.19. The van der Waals surface area contributed by atoms with E-state index in [0.717, 1.165) is 11.8 Å². The summed E-state index contributed by atoms with van der Waals surface area (Å²) in [5.74, 6) is -1.81. The molecule has 0 aliphatic carbocycles. The molecular weight excluding hydrogens is 226 g/mol. The van der Waals surface area contributed by atoms with Crippen LogP contribution in [0.1, 0.15) is 13.3 Å². The standard InChI is InChI=1S/C7H11NO4S2/c1-2-12-7(13)14-4(6(10)11)3-5(8)9/h4H,2-3H2,1H3,(H2,8,9)(H,10,11)/t4-/m1/s1. The van der Waals surface area contributed by atoms with Gasteiger partial charge in [0.15, 0.2) is 0 Å². The molecule has 0 saturated carbocycles. The SMILES string of the molecule is CCOC(=S)S[C@H](CC(N)=O)C(=O)O. The van der Waals surface area contributed by atoms with Gasteiger partial charge < -0.3 is 15.6 Å². The van der Waals surface area contributed by atoms with Crippen LogP contribution in [0.5, 0.6) is 0 Å². The highest BCUT2D eigenvalue weighted by molar-refractivity contribution is 8.23. The van der Waals surface area contributed by atoms with Crippen LogP contribution in [0, 0.1) is 0 Å². The summed E-state index contributed by atoms with van der Waals surface area (Å²) < 4.78 is 5.00. The molecule has 0 fully saturated rings. The molecule has 0 unspecified atom stereocenters. The monoisotopic (exact) mass is 237 g/mol. The average molecular weight is 237 g/mol. The highest BCUT2D eigenvalue weighted by Crippen LogP contribution is 2.17. The van der Waals surface area contributed by atoms with Crippen molar-refractivity contribution in [2.24, 2.45) is 5.73 Å². The van der Waals surface area contributed by atoms with Crippen LogP contribution in [0.2, 0.25) is 0 Å². The Labute approximate surface area is 91.0 Å². The molecule has 0 saturated heterocycles. The molecule has 0 heterocycles. The topological polar surface area (TPSA) is 89.6 Å². The van der Waals surface area contributed by atoms with Gasteiger partial charge in [-0.25, -0.2) is 0 Å². The van der Waals surface area contributed by atoms with Crippen molar-refractivity contribution < 1.29 is 19.4 Å². The number of carbonyl (C=O) groups excluding carboxylic acids is 1. The number of aliphatic carboxylic acids is 1. The number of thioether (sulfide) groups is 1. The number of carboxylic acid groups (broad SMARTS) is 1. The lowest BCUT2D eigenvalue weighted by molar-refractivity contribution is -0.137. The predicted molar refractivity (Wildman–Crippen MR) is 57.1 cm³/mol. The van der Waals surface area contributed by atoms with Gasteiger partial charge in [0, 0.05) is 6.42 Å². The number of hydrogen-bond donors (Lipinski definition) is 2.